The number of nitrogens with one attached hydrogen (secondary N) is 2. The number of anilines is 4. The van der Waals surface area contributed by atoms with Crippen LogP contribution in [0.3, 0.4) is 0 Å². The number of hydrogen-bond acceptors (Lipinski definition) is 6. The molecule has 0 saturated carbocycles. The number of ketones is 2. The zero-order valence-corrected chi connectivity index (χ0v) is 15.4. The fourth-order valence-corrected chi connectivity index (χ4v) is 2.60. The first-order valence-corrected chi connectivity index (χ1v) is 8.52. The molecule has 0 fully saturated rings. The Morgan fingerprint density at radius 1 is 0.778 bits per heavy atom. The zero-order chi connectivity index (χ0) is 19.4. The molecule has 0 radical (unpaired) electrons. The molecular formula is C21H20N4O2. The van der Waals surface area contributed by atoms with E-state index >= 15 is 0 Å². The molecule has 6 heteroatoms. The number of rotatable bonds is 6. The fourth-order valence-electron chi connectivity index (χ4n) is 2.60. The summed E-state index contributed by atoms with van der Waals surface area (Å²) in [7, 11) is 0. The number of benzene rings is 2. The van der Waals surface area contributed by atoms with Gasteiger partial charge >= 0.3 is 0 Å². The van der Waals surface area contributed by atoms with Crippen molar-refractivity contribution in [3.63, 3.8) is 0 Å². The van der Waals surface area contributed by atoms with E-state index in [-0.39, 0.29) is 11.6 Å². The normalized spacial score (nSPS) is 10.3. The van der Waals surface area contributed by atoms with Crippen LogP contribution in [0.1, 0.15) is 40.3 Å². The van der Waals surface area contributed by atoms with Crippen LogP contribution in [0, 0.1) is 6.92 Å². The summed E-state index contributed by atoms with van der Waals surface area (Å²) in [5, 5.41) is 6.33. The van der Waals surface area contributed by atoms with Crippen molar-refractivity contribution in [3.8, 4) is 0 Å². The van der Waals surface area contributed by atoms with Gasteiger partial charge in [-0.15, -0.1) is 0 Å². The van der Waals surface area contributed by atoms with Crippen LogP contribution in [0.25, 0.3) is 0 Å². The van der Waals surface area contributed by atoms with E-state index in [2.05, 4.69) is 20.6 Å². The molecule has 1 heterocycles. The summed E-state index contributed by atoms with van der Waals surface area (Å²) in [5.74, 6) is 1.02. The molecular weight excluding hydrogens is 340 g/mol. The second-order valence-electron chi connectivity index (χ2n) is 6.24. The number of Topliss-reactive ketones (excluding diaryl/α,β-unsaturated/α-hetero) is 2. The molecule has 3 rings (SSSR count). The molecule has 0 amide bonds. The van der Waals surface area contributed by atoms with Crippen molar-refractivity contribution in [2.45, 2.75) is 20.8 Å². The van der Waals surface area contributed by atoms with E-state index < -0.39 is 0 Å². The van der Waals surface area contributed by atoms with Crippen LogP contribution in [-0.4, -0.2) is 21.5 Å². The molecule has 2 aromatic carbocycles. The molecule has 0 aliphatic rings. The fraction of sp³-hybridized carbons (Fsp3) is 0.143. The van der Waals surface area contributed by atoms with Gasteiger partial charge in [-0.1, -0.05) is 24.3 Å². The third-order valence-electron chi connectivity index (χ3n) is 3.92. The molecule has 27 heavy (non-hydrogen) atoms. The molecule has 1 aromatic heterocycles. The molecule has 6 nitrogen and oxygen atoms in total. The van der Waals surface area contributed by atoms with E-state index in [1.807, 2.05) is 31.2 Å². The summed E-state index contributed by atoms with van der Waals surface area (Å²) in [6.07, 6.45) is 0. The van der Waals surface area contributed by atoms with Crippen molar-refractivity contribution in [2.24, 2.45) is 0 Å². The van der Waals surface area contributed by atoms with Gasteiger partial charge in [0.1, 0.15) is 5.82 Å². The van der Waals surface area contributed by atoms with Crippen molar-refractivity contribution < 1.29 is 9.59 Å². The lowest BCUT2D eigenvalue weighted by atomic mass is 10.1. The largest absolute Gasteiger partial charge is 0.340 e. The molecule has 0 spiro atoms. The van der Waals surface area contributed by atoms with Crippen molar-refractivity contribution in [1.29, 1.82) is 0 Å². The lowest BCUT2D eigenvalue weighted by molar-refractivity contribution is 0.100. The summed E-state index contributed by atoms with van der Waals surface area (Å²) in [6.45, 7) is 4.93. The maximum absolute atomic E-state index is 11.5. The molecule has 0 aliphatic heterocycles. The van der Waals surface area contributed by atoms with Gasteiger partial charge in [0.2, 0.25) is 5.95 Å². The molecule has 0 saturated heterocycles. The predicted molar refractivity (Wildman–Crippen MR) is 106 cm³/mol. The lowest BCUT2D eigenvalue weighted by Gasteiger charge is -2.11. The number of nitrogens with zero attached hydrogens (tertiary/aromatic N) is 2. The first kappa shape index (κ1) is 18.3. The minimum Gasteiger partial charge on any atom is -0.340 e. The first-order chi connectivity index (χ1) is 12.9. The van der Waals surface area contributed by atoms with Gasteiger partial charge in [0.05, 0.1) is 0 Å². The van der Waals surface area contributed by atoms with Crippen molar-refractivity contribution in [3.05, 3.63) is 71.4 Å². The van der Waals surface area contributed by atoms with Crippen LogP contribution < -0.4 is 10.6 Å². The predicted octanol–water partition coefficient (Wildman–Crippen LogP) is 4.68. The Bertz CT molecular complexity index is 937. The number of carbonyl (C=O) groups excluding carboxylic acids is 2. The summed E-state index contributed by atoms with van der Waals surface area (Å²) in [5.41, 5.74) is 3.53. The van der Waals surface area contributed by atoms with Crippen molar-refractivity contribution in [1.82, 2.24) is 9.97 Å². The molecule has 0 atom stereocenters. The monoisotopic (exact) mass is 360 g/mol. The van der Waals surface area contributed by atoms with Crippen LogP contribution in [0.4, 0.5) is 23.1 Å². The van der Waals surface area contributed by atoms with Crippen LogP contribution in [0.15, 0.2) is 54.6 Å². The highest BCUT2D eigenvalue weighted by Crippen LogP contribution is 2.21. The van der Waals surface area contributed by atoms with Gasteiger partial charge in [0, 0.05) is 34.3 Å². The van der Waals surface area contributed by atoms with Gasteiger partial charge in [0.15, 0.2) is 11.6 Å². The van der Waals surface area contributed by atoms with E-state index in [9.17, 15) is 9.59 Å². The van der Waals surface area contributed by atoms with Gasteiger partial charge < -0.3 is 10.6 Å². The highest BCUT2D eigenvalue weighted by molar-refractivity contribution is 5.95. The summed E-state index contributed by atoms with van der Waals surface area (Å²) >= 11 is 0. The van der Waals surface area contributed by atoms with Crippen LogP contribution in [0.2, 0.25) is 0 Å². The van der Waals surface area contributed by atoms with Gasteiger partial charge in [-0.05, 0) is 45.0 Å². The van der Waals surface area contributed by atoms with E-state index in [1.165, 1.54) is 13.8 Å². The van der Waals surface area contributed by atoms with Crippen molar-refractivity contribution >= 4 is 34.7 Å². The van der Waals surface area contributed by atoms with Crippen LogP contribution >= 0.6 is 0 Å². The Balaban J connectivity index is 1.84. The third kappa shape index (κ3) is 4.76. The Kier molecular flexibility index (Phi) is 5.26. The SMILES string of the molecule is CC(=O)c1cccc(Nc2cc(C)nc(Nc3cccc(C(C)=O)c3)n2)c1. The van der Waals surface area contributed by atoms with E-state index in [1.54, 1.807) is 30.3 Å². The topological polar surface area (TPSA) is 84.0 Å². The molecule has 136 valence electrons. The maximum atomic E-state index is 11.5. The molecule has 0 unspecified atom stereocenters. The second-order valence-corrected chi connectivity index (χ2v) is 6.24. The Morgan fingerprint density at radius 2 is 1.33 bits per heavy atom. The summed E-state index contributed by atoms with van der Waals surface area (Å²) < 4.78 is 0. The molecule has 0 aliphatic carbocycles. The zero-order valence-electron chi connectivity index (χ0n) is 15.4. The van der Waals surface area contributed by atoms with E-state index in [4.69, 9.17) is 0 Å². The van der Waals surface area contributed by atoms with Crippen LogP contribution in [0.5, 0.6) is 0 Å². The molecule has 2 N–H and O–H groups in total. The van der Waals surface area contributed by atoms with Gasteiger partial charge in [-0.3, -0.25) is 9.59 Å². The van der Waals surface area contributed by atoms with E-state index in [0.717, 1.165) is 17.1 Å². The standard InChI is InChI=1S/C21H20N4O2/c1-13-10-20(23-18-8-4-6-16(11-18)14(2)26)25-21(22-13)24-19-9-5-7-17(12-19)15(3)27/h4-12H,1-3H3,(H2,22,23,24,25). The maximum Gasteiger partial charge on any atom is 0.229 e. The Hall–Kier alpha value is -3.54. The number of carbonyl (C=O) groups is 2. The van der Waals surface area contributed by atoms with E-state index in [0.29, 0.717) is 22.9 Å². The smallest absolute Gasteiger partial charge is 0.229 e. The number of aryl methyl sites for hydroxylation is 1. The molecule has 0 bridgehead atoms. The van der Waals surface area contributed by atoms with Gasteiger partial charge in [-0.2, -0.15) is 4.98 Å². The third-order valence-corrected chi connectivity index (χ3v) is 3.92. The summed E-state index contributed by atoms with van der Waals surface area (Å²) in [6, 6.07) is 16.2. The minimum absolute atomic E-state index is 0.00322. The minimum atomic E-state index is -0.00322. The van der Waals surface area contributed by atoms with Gasteiger partial charge in [0.25, 0.3) is 0 Å². The summed E-state index contributed by atoms with van der Waals surface area (Å²) in [4.78, 5) is 32.0. The first-order valence-electron chi connectivity index (χ1n) is 8.52. The average molecular weight is 360 g/mol. The molecule has 3 aromatic rings. The van der Waals surface area contributed by atoms with Gasteiger partial charge in [-0.25, -0.2) is 4.98 Å². The quantitative estimate of drug-likeness (QED) is 0.621. The van der Waals surface area contributed by atoms with Crippen molar-refractivity contribution in [2.75, 3.05) is 10.6 Å². The highest BCUT2D eigenvalue weighted by atomic mass is 16.1. The highest BCUT2D eigenvalue weighted by Gasteiger charge is 2.07. The number of hydrogen-bond donors (Lipinski definition) is 2. The Labute approximate surface area is 157 Å². The second kappa shape index (κ2) is 7.78. The average Bonchev–Trinajstić information content (AvgIpc) is 2.61. The van der Waals surface area contributed by atoms with Crippen LogP contribution in [-0.2, 0) is 0 Å². The number of aromatic nitrogens is 2. The Morgan fingerprint density at radius 3 is 1.89 bits per heavy atom. The lowest BCUT2D eigenvalue weighted by Crippen LogP contribution is -2.03.